The summed E-state index contributed by atoms with van der Waals surface area (Å²) in [7, 11) is 0. The summed E-state index contributed by atoms with van der Waals surface area (Å²) in [6, 6.07) is 7.31. The SMILES string of the molecule is CCNC(=NCc1ccc(-n2ccnc2)c(F)c1)NCC(C)c1ccsc1.I. The molecular formula is C20H25FIN5S. The first-order valence-electron chi connectivity index (χ1n) is 8.98. The lowest BCUT2D eigenvalue weighted by Gasteiger charge is -2.15. The lowest BCUT2D eigenvalue weighted by Crippen LogP contribution is -2.39. The number of nitrogens with zero attached hydrogens (tertiary/aromatic N) is 3. The normalized spacial score (nSPS) is 12.3. The summed E-state index contributed by atoms with van der Waals surface area (Å²) in [5, 5.41) is 10.9. The van der Waals surface area contributed by atoms with Crippen LogP contribution in [0, 0.1) is 5.82 Å². The number of guanidine groups is 1. The van der Waals surface area contributed by atoms with E-state index in [-0.39, 0.29) is 29.8 Å². The van der Waals surface area contributed by atoms with Crippen LogP contribution in [-0.4, -0.2) is 28.6 Å². The van der Waals surface area contributed by atoms with E-state index < -0.39 is 0 Å². The highest BCUT2D eigenvalue weighted by atomic mass is 127. The lowest BCUT2D eigenvalue weighted by molar-refractivity contribution is 0.615. The molecule has 2 heterocycles. The molecule has 0 fully saturated rings. The van der Waals surface area contributed by atoms with Gasteiger partial charge in [0.05, 0.1) is 18.6 Å². The minimum Gasteiger partial charge on any atom is -0.357 e. The molecule has 2 N–H and O–H groups in total. The van der Waals surface area contributed by atoms with E-state index in [1.807, 2.05) is 13.0 Å². The fourth-order valence-electron chi connectivity index (χ4n) is 2.69. The lowest BCUT2D eigenvalue weighted by atomic mass is 10.1. The molecule has 0 saturated carbocycles. The van der Waals surface area contributed by atoms with Crippen LogP contribution in [0.3, 0.4) is 0 Å². The molecule has 3 aromatic rings. The third-order valence-corrected chi connectivity index (χ3v) is 4.95. The minimum absolute atomic E-state index is 0. The first kappa shape index (κ1) is 22.4. The van der Waals surface area contributed by atoms with E-state index in [0.29, 0.717) is 18.2 Å². The minimum atomic E-state index is -0.287. The van der Waals surface area contributed by atoms with E-state index in [0.717, 1.165) is 24.6 Å². The fraction of sp³-hybridized carbons (Fsp3) is 0.300. The molecule has 150 valence electrons. The zero-order valence-electron chi connectivity index (χ0n) is 15.9. The van der Waals surface area contributed by atoms with E-state index >= 15 is 0 Å². The number of hydrogen-bond donors (Lipinski definition) is 2. The Morgan fingerprint density at radius 1 is 1.32 bits per heavy atom. The fourth-order valence-corrected chi connectivity index (χ4v) is 3.48. The first-order chi connectivity index (χ1) is 13.2. The van der Waals surface area contributed by atoms with Crippen LogP contribution in [0.25, 0.3) is 5.69 Å². The summed E-state index contributed by atoms with van der Waals surface area (Å²) in [5.41, 5.74) is 2.62. The van der Waals surface area contributed by atoms with Crippen LogP contribution in [0.5, 0.6) is 0 Å². The zero-order chi connectivity index (χ0) is 19.1. The van der Waals surface area contributed by atoms with Gasteiger partial charge in [-0.1, -0.05) is 13.0 Å². The van der Waals surface area contributed by atoms with Crippen molar-refractivity contribution in [1.29, 1.82) is 0 Å². The van der Waals surface area contributed by atoms with E-state index in [1.165, 1.54) is 11.6 Å². The Morgan fingerprint density at radius 2 is 2.18 bits per heavy atom. The second-order valence-corrected chi connectivity index (χ2v) is 7.07. The number of nitrogens with one attached hydrogen (secondary N) is 2. The average molecular weight is 513 g/mol. The van der Waals surface area contributed by atoms with Crippen LogP contribution in [-0.2, 0) is 6.54 Å². The first-order valence-corrected chi connectivity index (χ1v) is 9.92. The van der Waals surface area contributed by atoms with Crippen LogP contribution in [0.15, 0.2) is 58.7 Å². The van der Waals surface area contributed by atoms with E-state index in [9.17, 15) is 4.39 Å². The van der Waals surface area contributed by atoms with Crippen molar-refractivity contribution < 1.29 is 4.39 Å². The summed E-state index contributed by atoms with van der Waals surface area (Å²) in [6.45, 7) is 6.17. The summed E-state index contributed by atoms with van der Waals surface area (Å²) in [6.07, 6.45) is 4.93. The van der Waals surface area contributed by atoms with Gasteiger partial charge in [-0.15, -0.1) is 24.0 Å². The molecule has 5 nitrogen and oxygen atoms in total. The summed E-state index contributed by atoms with van der Waals surface area (Å²) >= 11 is 1.71. The van der Waals surface area contributed by atoms with Gasteiger partial charge in [-0.05, 0) is 52.9 Å². The molecule has 0 saturated heterocycles. The smallest absolute Gasteiger partial charge is 0.191 e. The van der Waals surface area contributed by atoms with Crippen molar-refractivity contribution in [2.75, 3.05) is 13.1 Å². The third-order valence-electron chi connectivity index (χ3n) is 4.25. The van der Waals surface area contributed by atoms with Crippen molar-refractivity contribution in [3.63, 3.8) is 0 Å². The van der Waals surface area contributed by atoms with E-state index in [2.05, 4.69) is 44.4 Å². The quantitative estimate of drug-likeness (QED) is 0.277. The second kappa shape index (κ2) is 11.2. The predicted molar refractivity (Wildman–Crippen MR) is 124 cm³/mol. The highest BCUT2D eigenvalue weighted by molar-refractivity contribution is 14.0. The second-order valence-electron chi connectivity index (χ2n) is 6.29. The topological polar surface area (TPSA) is 54.2 Å². The molecule has 2 aromatic heterocycles. The molecule has 8 heteroatoms. The van der Waals surface area contributed by atoms with Crippen LogP contribution >= 0.6 is 35.3 Å². The maximum atomic E-state index is 14.4. The number of imidazole rings is 1. The Hall–Kier alpha value is -1.94. The molecule has 1 aromatic carbocycles. The number of thiophene rings is 1. The monoisotopic (exact) mass is 513 g/mol. The molecule has 28 heavy (non-hydrogen) atoms. The zero-order valence-corrected chi connectivity index (χ0v) is 19.1. The standard InChI is InChI=1S/C20H24FN5S.HI/c1-3-23-20(24-11-15(2)17-6-9-27-13-17)25-12-16-4-5-19(18(21)10-16)26-8-7-22-14-26;/h4-10,13-15H,3,11-12H2,1-2H3,(H2,23,24,25);1H. The Labute approximate surface area is 186 Å². The Bertz CT molecular complexity index is 865. The van der Waals surface area contributed by atoms with Crippen molar-refractivity contribution in [3.05, 3.63) is 70.7 Å². The maximum Gasteiger partial charge on any atom is 0.191 e. The molecular weight excluding hydrogens is 488 g/mol. The Balaban J connectivity index is 0.00000280. The molecule has 0 aliphatic carbocycles. The summed E-state index contributed by atoms with van der Waals surface area (Å²) in [4.78, 5) is 8.54. The number of hydrogen-bond acceptors (Lipinski definition) is 3. The highest BCUT2D eigenvalue weighted by Crippen LogP contribution is 2.17. The van der Waals surface area contributed by atoms with Gasteiger partial charge in [-0.25, -0.2) is 14.4 Å². The van der Waals surface area contributed by atoms with Crippen molar-refractivity contribution in [2.24, 2.45) is 4.99 Å². The van der Waals surface area contributed by atoms with E-state index in [1.54, 1.807) is 40.7 Å². The van der Waals surface area contributed by atoms with Gasteiger partial charge < -0.3 is 15.2 Å². The van der Waals surface area contributed by atoms with Gasteiger partial charge in [-0.2, -0.15) is 11.3 Å². The van der Waals surface area contributed by atoms with Crippen LogP contribution < -0.4 is 10.6 Å². The molecule has 0 spiro atoms. The number of halogens is 2. The van der Waals surface area contributed by atoms with Crippen molar-refractivity contribution in [1.82, 2.24) is 20.2 Å². The molecule has 0 aliphatic heterocycles. The third kappa shape index (κ3) is 6.03. The van der Waals surface area contributed by atoms with Crippen molar-refractivity contribution >= 4 is 41.3 Å². The van der Waals surface area contributed by atoms with Gasteiger partial charge in [-0.3, -0.25) is 0 Å². The molecule has 1 unspecified atom stereocenters. The Morgan fingerprint density at radius 3 is 2.82 bits per heavy atom. The van der Waals surface area contributed by atoms with Gasteiger partial charge in [0.25, 0.3) is 0 Å². The van der Waals surface area contributed by atoms with E-state index in [4.69, 9.17) is 0 Å². The molecule has 1 atom stereocenters. The maximum absolute atomic E-state index is 14.4. The van der Waals surface area contributed by atoms with Gasteiger partial charge in [0, 0.05) is 25.5 Å². The van der Waals surface area contributed by atoms with Crippen LogP contribution in [0.1, 0.15) is 30.9 Å². The average Bonchev–Trinajstić information content (AvgIpc) is 3.37. The van der Waals surface area contributed by atoms with Gasteiger partial charge in [0.2, 0.25) is 0 Å². The molecule has 0 bridgehead atoms. The molecule has 3 rings (SSSR count). The van der Waals surface area contributed by atoms with Crippen LogP contribution in [0.4, 0.5) is 4.39 Å². The molecule has 0 aliphatic rings. The van der Waals surface area contributed by atoms with Gasteiger partial charge >= 0.3 is 0 Å². The summed E-state index contributed by atoms with van der Waals surface area (Å²) < 4.78 is 16.0. The highest BCUT2D eigenvalue weighted by Gasteiger charge is 2.08. The number of benzene rings is 1. The van der Waals surface area contributed by atoms with Crippen molar-refractivity contribution in [3.8, 4) is 5.69 Å². The number of aromatic nitrogens is 2. The molecule has 0 radical (unpaired) electrons. The molecule has 0 amide bonds. The van der Waals surface area contributed by atoms with Crippen molar-refractivity contribution in [2.45, 2.75) is 26.3 Å². The largest absolute Gasteiger partial charge is 0.357 e. The predicted octanol–water partition coefficient (Wildman–Crippen LogP) is 4.55. The summed E-state index contributed by atoms with van der Waals surface area (Å²) in [5.74, 6) is 0.843. The number of rotatable bonds is 7. The Kier molecular flexibility index (Phi) is 8.91. The number of aliphatic imine (C=N–C) groups is 1. The van der Waals surface area contributed by atoms with Gasteiger partial charge in [0.15, 0.2) is 5.96 Å². The van der Waals surface area contributed by atoms with Crippen LogP contribution in [0.2, 0.25) is 0 Å². The van der Waals surface area contributed by atoms with Gasteiger partial charge in [0.1, 0.15) is 5.82 Å².